The van der Waals surface area contributed by atoms with Gasteiger partial charge in [0.1, 0.15) is 6.10 Å². The normalized spacial score (nSPS) is 16.5. The summed E-state index contributed by atoms with van der Waals surface area (Å²) >= 11 is 1.79. The van der Waals surface area contributed by atoms with E-state index in [-0.39, 0.29) is 0 Å². The largest absolute Gasteiger partial charge is 0.474 e. The van der Waals surface area contributed by atoms with Crippen LogP contribution >= 0.6 is 11.3 Å². The van der Waals surface area contributed by atoms with E-state index in [0.717, 1.165) is 36.8 Å². The van der Waals surface area contributed by atoms with Crippen LogP contribution in [0.15, 0.2) is 40.8 Å². The lowest BCUT2D eigenvalue weighted by Crippen LogP contribution is -2.38. The van der Waals surface area contributed by atoms with E-state index in [1.165, 1.54) is 17.7 Å². The molecule has 0 aromatic carbocycles. The first-order chi connectivity index (χ1) is 12.7. The third kappa shape index (κ3) is 5.46. The number of nitrogens with zero attached hydrogens (tertiary/aromatic N) is 2. The van der Waals surface area contributed by atoms with Crippen molar-refractivity contribution in [2.24, 2.45) is 4.99 Å². The summed E-state index contributed by atoms with van der Waals surface area (Å²) in [6.07, 6.45) is 6.96. The zero-order valence-electron chi connectivity index (χ0n) is 15.6. The Labute approximate surface area is 159 Å². The van der Waals surface area contributed by atoms with Gasteiger partial charge in [0, 0.05) is 43.2 Å². The molecule has 1 aliphatic rings. The van der Waals surface area contributed by atoms with Crippen LogP contribution in [0.2, 0.25) is 0 Å². The first kappa shape index (κ1) is 18.7. The number of guanidine groups is 1. The van der Waals surface area contributed by atoms with Crippen LogP contribution in [-0.2, 0) is 6.54 Å². The zero-order valence-corrected chi connectivity index (χ0v) is 16.4. The fourth-order valence-electron chi connectivity index (χ4n) is 3.13. The minimum Gasteiger partial charge on any atom is -0.474 e. The van der Waals surface area contributed by atoms with E-state index in [1.54, 1.807) is 18.4 Å². The van der Waals surface area contributed by atoms with Crippen LogP contribution in [0, 0.1) is 0 Å². The molecule has 0 amide bonds. The molecule has 0 saturated heterocycles. The topological polar surface area (TPSA) is 58.5 Å². The second-order valence-corrected chi connectivity index (χ2v) is 7.73. The number of hydrogen-bond acceptors (Lipinski definition) is 4. The van der Waals surface area contributed by atoms with Gasteiger partial charge in [-0.05, 0) is 48.8 Å². The summed E-state index contributed by atoms with van der Waals surface area (Å²) in [6.45, 7) is 3.77. The molecule has 140 valence electrons. The van der Waals surface area contributed by atoms with Crippen molar-refractivity contribution < 1.29 is 4.74 Å². The molecule has 0 radical (unpaired) electrons. The van der Waals surface area contributed by atoms with Crippen LogP contribution in [0.1, 0.15) is 49.0 Å². The van der Waals surface area contributed by atoms with E-state index in [2.05, 4.69) is 45.0 Å². The van der Waals surface area contributed by atoms with Crippen molar-refractivity contribution in [3.63, 3.8) is 0 Å². The van der Waals surface area contributed by atoms with Crippen LogP contribution < -0.4 is 15.4 Å². The predicted molar refractivity (Wildman–Crippen MR) is 108 cm³/mol. The third-order valence-electron chi connectivity index (χ3n) is 4.68. The van der Waals surface area contributed by atoms with Crippen molar-refractivity contribution in [2.45, 2.75) is 51.2 Å². The van der Waals surface area contributed by atoms with Crippen molar-refractivity contribution in [1.29, 1.82) is 0 Å². The Bertz CT molecular complexity index is 696. The Hall–Kier alpha value is -2.08. The molecule has 3 rings (SSSR count). The summed E-state index contributed by atoms with van der Waals surface area (Å²) in [6, 6.07) is 8.30. The van der Waals surface area contributed by atoms with Gasteiger partial charge in [0.05, 0.1) is 0 Å². The summed E-state index contributed by atoms with van der Waals surface area (Å²) in [5, 5.41) is 8.88. The Morgan fingerprint density at radius 3 is 2.92 bits per heavy atom. The van der Waals surface area contributed by atoms with Crippen molar-refractivity contribution in [2.75, 3.05) is 13.6 Å². The molecule has 1 atom stereocenters. The molecule has 1 unspecified atom stereocenters. The highest BCUT2D eigenvalue weighted by Crippen LogP contribution is 2.23. The SMILES string of the molecule is CN=C(NCc1ccnc(OC2CCCC2)c1)NCC(C)c1cccs1. The number of nitrogens with one attached hydrogen (secondary N) is 2. The Balaban J connectivity index is 1.47. The van der Waals surface area contributed by atoms with Crippen molar-refractivity contribution in [3.8, 4) is 5.88 Å². The van der Waals surface area contributed by atoms with Crippen LogP contribution in [-0.4, -0.2) is 30.6 Å². The second-order valence-electron chi connectivity index (χ2n) is 6.75. The minimum atomic E-state index is 0.332. The Morgan fingerprint density at radius 1 is 1.35 bits per heavy atom. The van der Waals surface area contributed by atoms with Crippen LogP contribution in [0.3, 0.4) is 0 Å². The highest BCUT2D eigenvalue weighted by Gasteiger charge is 2.17. The van der Waals surface area contributed by atoms with Gasteiger partial charge < -0.3 is 15.4 Å². The van der Waals surface area contributed by atoms with Gasteiger partial charge in [-0.1, -0.05) is 13.0 Å². The number of aromatic nitrogens is 1. The zero-order chi connectivity index (χ0) is 18.2. The van der Waals surface area contributed by atoms with Crippen LogP contribution in [0.4, 0.5) is 0 Å². The third-order valence-corrected chi connectivity index (χ3v) is 5.78. The molecular weight excluding hydrogens is 344 g/mol. The van der Waals surface area contributed by atoms with Gasteiger partial charge in [0.2, 0.25) is 5.88 Å². The Morgan fingerprint density at radius 2 is 2.19 bits per heavy atom. The quantitative estimate of drug-likeness (QED) is 0.571. The van der Waals surface area contributed by atoms with Gasteiger partial charge in [0.25, 0.3) is 0 Å². The lowest BCUT2D eigenvalue weighted by molar-refractivity contribution is 0.201. The van der Waals surface area contributed by atoms with E-state index in [9.17, 15) is 0 Å². The molecular formula is C20H28N4OS. The lowest BCUT2D eigenvalue weighted by Gasteiger charge is -2.16. The number of hydrogen-bond donors (Lipinski definition) is 2. The molecule has 1 fully saturated rings. The highest BCUT2D eigenvalue weighted by molar-refractivity contribution is 7.10. The number of aliphatic imine (C=N–C) groups is 1. The van der Waals surface area contributed by atoms with Gasteiger partial charge in [-0.15, -0.1) is 11.3 Å². The molecule has 1 aliphatic carbocycles. The van der Waals surface area contributed by atoms with Crippen molar-refractivity contribution >= 4 is 17.3 Å². The maximum Gasteiger partial charge on any atom is 0.213 e. The maximum atomic E-state index is 5.99. The van der Waals surface area contributed by atoms with E-state index >= 15 is 0 Å². The maximum absolute atomic E-state index is 5.99. The average molecular weight is 373 g/mol. The minimum absolute atomic E-state index is 0.332. The average Bonchev–Trinajstić information content (AvgIpc) is 3.36. The number of ether oxygens (including phenoxy) is 1. The van der Waals surface area contributed by atoms with Crippen LogP contribution in [0.25, 0.3) is 0 Å². The number of pyridine rings is 1. The lowest BCUT2D eigenvalue weighted by atomic mass is 10.1. The first-order valence-electron chi connectivity index (χ1n) is 9.34. The summed E-state index contributed by atoms with van der Waals surface area (Å²) in [5.74, 6) is 2.00. The molecule has 6 heteroatoms. The fourth-order valence-corrected chi connectivity index (χ4v) is 3.92. The molecule has 2 aromatic rings. The molecule has 0 aliphatic heterocycles. The highest BCUT2D eigenvalue weighted by atomic mass is 32.1. The van der Waals surface area contributed by atoms with Crippen molar-refractivity contribution in [3.05, 3.63) is 46.3 Å². The van der Waals surface area contributed by atoms with Gasteiger partial charge in [-0.2, -0.15) is 0 Å². The molecule has 1 saturated carbocycles. The molecule has 2 heterocycles. The van der Waals surface area contributed by atoms with Crippen molar-refractivity contribution in [1.82, 2.24) is 15.6 Å². The van der Waals surface area contributed by atoms with Gasteiger partial charge in [-0.25, -0.2) is 4.98 Å². The summed E-state index contributed by atoms with van der Waals surface area (Å²) < 4.78 is 5.99. The smallest absolute Gasteiger partial charge is 0.213 e. The monoisotopic (exact) mass is 372 g/mol. The van der Waals surface area contributed by atoms with Crippen LogP contribution in [0.5, 0.6) is 5.88 Å². The number of thiophene rings is 1. The molecule has 0 bridgehead atoms. The van der Waals surface area contributed by atoms with Gasteiger partial charge in [-0.3, -0.25) is 4.99 Å². The van der Waals surface area contributed by atoms with E-state index < -0.39 is 0 Å². The summed E-state index contributed by atoms with van der Waals surface area (Å²) in [4.78, 5) is 10.0. The molecule has 0 spiro atoms. The molecule has 2 N–H and O–H groups in total. The summed E-state index contributed by atoms with van der Waals surface area (Å²) in [7, 11) is 1.80. The fraction of sp³-hybridized carbons (Fsp3) is 0.500. The summed E-state index contributed by atoms with van der Waals surface area (Å²) in [5.41, 5.74) is 1.14. The van der Waals surface area contributed by atoms with Gasteiger partial charge in [0.15, 0.2) is 5.96 Å². The Kier molecular flexibility index (Phi) is 6.89. The molecule has 2 aromatic heterocycles. The first-order valence-corrected chi connectivity index (χ1v) is 10.2. The number of rotatable bonds is 7. The van der Waals surface area contributed by atoms with Gasteiger partial charge >= 0.3 is 0 Å². The standard InChI is InChI=1S/C20H28N4OS/c1-15(18-8-5-11-26-18)13-23-20(21-2)24-14-16-9-10-22-19(12-16)25-17-6-3-4-7-17/h5,8-12,15,17H,3-4,6-7,13-14H2,1-2H3,(H2,21,23,24). The van der Waals surface area contributed by atoms with E-state index in [0.29, 0.717) is 18.6 Å². The van der Waals surface area contributed by atoms with E-state index in [1.807, 2.05) is 18.3 Å². The molecule has 26 heavy (non-hydrogen) atoms. The predicted octanol–water partition coefficient (Wildman–Crippen LogP) is 3.93. The van der Waals surface area contributed by atoms with E-state index in [4.69, 9.17) is 4.74 Å². The molecule has 5 nitrogen and oxygen atoms in total. The second kappa shape index (κ2) is 9.57.